The number of benzene rings is 7. The highest BCUT2D eigenvalue weighted by molar-refractivity contribution is 7.26. The van der Waals surface area contributed by atoms with Crippen molar-refractivity contribution in [3.63, 3.8) is 0 Å². The van der Waals surface area contributed by atoms with Crippen molar-refractivity contribution in [1.29, 1.82) is 0 Å². The van der Waals surface area contributed by atoms with Gasteiger partial charge in [-0.1, -0.05) is 131 Å². The summed E-state index contributed by atoms with van der Waals surface area (Å²) >= 11 is 1.91. The molecular weight excluding hydrogens is 599 g/mol. The summed E-state index contributed by atoms with van der Waals surface area (Å²) in [5.74, 6) is 0. The summed E-state index contributed by atoms with van der Waals surface area (Å²) < 4.78 is 2.67. The molecule has 0 radical (unpaired) electrons. The molecule has 7 aromatic carbocycles. The van der Waals surface area contributed by atoms with Gasteiger partial charge in [0.25, 0.3) is 0 Å². The average molecular weight is 634 g/mol. The third kappa shape index (κ3) is 3.67. The van der Waals surface area contributed by atoms with Crippen molar-refractivity contribution in [2.45, 2.75) is 38.5 Å². The SMILES string of the molecule is CC1(C)c2ccccc2-c2ccc(N(c3ccc4c(c3)C(C)(C)c3ccccc3-4)c3cccc4ccc5c6ccccc6sc5c34)cc21. The maximum absolute atomic E-state index is 2.53. The molecule has 0 amide bonds. The van der Waals surface area contributed by atoms with Crippen LogP contribution in [0.3, 0.4) is 0 Å². The Bertz CT molecular complexity index is 2530. The van der Waals surface area contributed by atoms with Crippen molar-refractivity contribution in [1.82, 2.24) is 0 Å². The Morgan fingerprint density at radius 1 is 0.458 bits per heavy atom. The first-order chi connectivity index (χ1) is 23.3. The molecule has 1 nitrogen and oxygen atoms in total. The largest absolute Gasteiger partial charge is 0.310 e. The van der Waals surface area contributed by atoms with Gasteiger partial charge in [0.1, 0.15) is 0 Å². The fourth-order valence-corrected chi connectivity index (χ4v) is 10.1. The molecule has 0 bridgehead atoms. The van der Waals surface area contributed by atoms with Crippen molar-refractivity contribution >= 4 is 59.3 Å². The lowest BCUT2D eigenvalue weighted by Gasteiger charge is -2.30. The quantitative estimate of drug-likeness (QED) is 0.187. The molecule has 2 aliphatic rings. The highest BCUT2D eigenvalue weighted by Crippen LogP contribution is 2.54. The van der Waals surface area contributed by atoms with Crippen molar-refractivity contribution in [3.05, 3.63) is 162 Å². The van der Waals surface area contributed by atoms with Crippen LogP contribution < -0.4 is 4.90 Å². The van der Waals surface area contributed by atoms with E-state index in [9.17, 15) is 0 Å². The van der Waals surface area contributed by atoms with Gasteiger partial charge in [0.05, 0.1) is 5.69 Å². The number of hydrogen-bond acceptors (Lipinski definition) is 2. The van der Waals surface area contributed by atoms with E-state index in [1.807, 2.05) is 11.3 Å². The van der Waals surface area contributed by atoms with E-state index in [2.05, 4.69) is 172 Å². The number of thiophene rings is 1. The zero-order chi connectivity index (χ0) is 32.4. The maximum Gasteiger partial charge on any atom is 0.0554 e. The van der Waals surface area contributed by atoms with Gasteiger partial charge < -0.3 is 4.90 Å². The highest BCUT2D eigenvalue weighted by Gasteiger charge is 2.38. The minimum absolute atomic E-state index is 0.0906. The van der Waals surface area contributed by atoms with E-state index < -0.39 is 0 Å². The van der Waals surface area contributed by atoms with E-state index in [4.69, 9.17) is 0 Å². The third-order valence-corrected chi connectivity index (χ3v) is 12.5. The summed E-state index contributed by atoms with van der Waals surface area (Å²) in [6.45, 7) is 9.50. The van der Waals surface area contributed by atoms with Gasteiger partial charge in [0, 0.05) is 47.8 Å². The smallest absolute Gasteiger partial charge is 0.0554 e. The first-order valence-electron chi connectivity index (χ1n) is 16.9. The fourth-order valence-electron chi connectivity index (χ4n) is 8.81. The first kappa shape index (κ1) is 27.9. The first-order valence-corrected chi connectivity index (χ1v) is 17.8. The summed E-state index contributed by atoms with van der Waals surface area (Å²) in [5.41, 5.74) is 14.4. The monoisotopic (exact) mass is 633 g/mol. The van der Waals surface area contributed by atoms with Crippen LogP contribution in [0, 0.1) is 0 Å². The Labute approximate surface area is 285 Å². The van der Waals surface area contributed by atoms with Gasteiger partial charge in [-0.25, -0.2) is 0 Å². The molecule has 0 N–H and O–H groups in total. The fraction of sp³-hybridized carbons (Fsp3) is 0.130. The van der Waals surface area contributed by atoms with E-state index in [0.717, 1.165) is 0 Å². The lowest BCUT2D eigenvalue weighted by Crippen LogP contribution is -2.18. The summed E-state index contributed by atoms with van der Waals surface area (Å²) in [5, 5.41) is 5.23. The molecule has 0 saturated carbocycles. The standard InChI is InChI=1S/C46H35NS/c1-45(2)37-16-8-5-13-31(37)33-24-21-29(26-39(33)45)47(30-22-25-34-32-14-6-9-17-38(32)46(3,4)40(34)27-30)41-18-11-12-28-20-23-36-35-15-7-10-19-42(35)48-44(36)43(28)41/h5-27H,1-4H3. The minimum Gasteiger partial charge on any atom is -0.310 e. The number of rotatable bonds is 3. The topological polar surface area (TPSA) is 3.24 Å². The molecule has 2 aliphatic carbocycles. The molecule has 0 aliphatic heterocycles. The molecule has 230 valence electrons. The molecule has 48 heavy (non-hydrogen) atoms. The average Bonchev–Trinajstić information content (AvgIpc) is 3.68. The van der Waals surface area contributed by atoms with Crippen molar-refractivity contribution in [3.8, 4) is 22.3 Å². The lowest BCUT2D eigenvalue weighted by molar-refractivity contribution is 0.660. The molecule has 0 fully saturated rings. The molecular formula is C46H35NS. The van der Waals surface area contributed by atoms with Crippen LogP contribution in [-0.4, -0.2) is 0 Å². The number of anilines is 3. The summed E-state index contributed by atoms with van der Waals surface area (Å²) in [4.78, 5) is 2.53. The summed E-state index contributed by atoms with van der Waals surface area (Å²) in [6, 6.07) is 52.5. The highest BCUT2D eigenvalue weighted by atomic mass is 32.1. The predicted molar refractivity (Wildman–Crippen MR) is 207 cm³/mol. The molecule has 8 aromatic rings. The van der Waals surface area contributed by atoms with Crippen molar-refractivity contribution in [2.24, 2.45) is 0 Å². The van der Waals surface area contributed by atoms with Crippen LogP contribution in [0.4, 0.5) is 17.1 Å². The van der Waals surface area contributed by atoms with Crippen LogP contribution in [0.25, 0.3) is 53.2 Å². The second-order valence-corrected chi connectivity index (χ2v) is 15.6. The molecule has 2 heteroatoms. The van der Waals surface area contributed by atoms with Crippen LogP contribution >= 0.6 is 11.3 Å². The van der Waals surface area contributed by atoms with Crippen molar-refractivity contribution < 1.29 is 0 Å². The second kappa shape index (κ2) is 9.69. The molecule has 1 heterocycles. The van der Waals surface area contributed by atoms with Gasteiger partial charge in [-0.15, -0.1) is 11.3 Å². The Morgan fingerprint density at radius 2 is 1.02 bits per heavy atom. The lowest BCUT2D eigenvalue weighted by atomic mass is 9.82. The Kier molecular flexibility index (Phi) is 5.63. The molecule has 0 unspecified atom stereocenters. The number of hydrogen-bond donors (Lipinski definition) is 0. The van der Waals surface area contributed by atoms with Gasteiger partial charge in [-0.2, -0.15) is 0 Å². The van der Waals surface area contributed by atoms with Gasteiger partial charge >= 0.3 is 0 Å². The van der Waals surface area contributed by atoms with Crippen LogP contribution in [0.5, 0.6) is 0 Å². The summed E-state index contributed by atoms with van der Waals surface area (Å²) in [6.07, 6.45) is 0. The van der Waals surface area contributed by atoms with Crippen LogP contribution in [0.1, 0.15) is 49.9 Å². The van der Waals surface area contributed by atoms with E-state index in [0.29, 0.717) is 0 Å². The predicted octanol–water partition coefficient (Wildman–Crippen LogP) is 13.3. The van der Waals surface area contributed by atoms with Gasteiger partial charge in [0.2, 0.25) is 0 Å². The van der Waals surface area contributed by atoms with E-state index in [-0.39, 0.29) is 10.8 Å². The number of nitrogens with zero attached hydrogens (tertiary/aromatic N) is 1. The number of fused-ring (bicyclic) bond motifs is 11. The third-order valence-electron chi connectivity index (χ3n) is 11.3. The molecule has 1 aromatic heterocycles. The Morgan fingerprint density at radius 3 is 1.67 bits per heavy atom. The van der Waals surface area contributed by atoms with Gasteiger partial charge in [0.15, 0.2) is 0 Å². The Balaban J connectivity index is 1.27. The zero-order valence-corrected chi connectivity index (χ0v) is 28.5. The van der Waals surface area contributed by atoms with E-state index in [1.54, 1.807) is 0 Å². The minimum atomic E-state index is -0.0906. The molecule has 0 atom stereocenters. The van der Waals surface area contributed by atoms with E-state index in [1.165, 1.54) is 92.5 Å². The van der Waals surface area contributed by atoms with E-state index >= 15 is 0 Å². The van der Waals surface area contributed by atoms with Crippen LogP contribution in [0.2, 0.25) is 0 Å². The van der Waals surface area contributed by atoms with Crippen LogP contribution in [-0.2, 0) is 10.8 Å². The van der Waals surface area contributed by atoms with Crippen molar-refractivity contribution in [2.75, 3.05) is 4.90 Å². The Hall–Kier alpha value is -5.18. The van der Waals surface area contributed by atoms with Gasteiger partial charge in [-0.3, -0.25) is 0 Å². The molecule has 0 spiro atoms. The zero-order valence-electron chi connectivity index (χ0n) is 27.6. The van der Waals surface area contributed by atoms with Crippen LogP contribution in [0.15, 0.2) is 140 Å². The summed E-state index contributed by atoms with van der Waals surface area (Å²) in [7, 11) is 0. The molecule has 0 saturated heterocycles. The van der Waals surface area contributed by atoms with Gasteiger partial charge in [-0.05, 0) is 86.3 Å². The second-order valence-electron chi connectivity index (χ2n) is 14.6. The maximum atomic E-state index is 2.53. The normalized spacial score (nSPS) is 15.0. The molecule has 10 rings (SSSR count).